The number of hydrogen-bond acceptors (Lipinski definition) is 5. The van der Waals surface area contributed by atoms with Crippen LogP contribution in [0.1, 0.15) is 26.7 Å². The van der Waals surface area contributed by atoms with Gasteiger partial charge < -0.3 is 21.3 Å². The van der Waals surface area contributed by atoms with E-state index in [1.54, 1.807) is 25.3 Å². The minimum atomic E-state index is -0.890. The Morgan fingerprint density at radius 3 is 2.91 bits per heavy atom. The van der Waals surface area contributed by atoms with E-state index in [1.807, 2.05) is 11.8 Å². The van der Waals surface area contributed by atoms with Crippen LogP contribution >= 0.6 is 0 Å². The Morgan fingerprint density at radius 2 is 2.32 bits per heavy atom. The highest BCUT2D eigenvalue weighted by Gasteiger charge is 2.27. The fourth-order valence-corrected chi connectivity index (χ4v) is 2.39. The molecule has 0 aromatic carbocycles. The Bertz CT molecular complexity index is 541. The molecule has 1 aromatic heterocycles. The Labute approximate surface area is 130 Å². The molecule has 1 fully saturated rings. The first-order valence-electron chi connectivity index (χ1n) is 7.50. The summed E-state index contributed by atoms with van der Waals surface area (Å²) in [6.45, 7) is 5.35. The second kappa shape index (κ2) is 6.74. The summed E-state index contributed by atoms with van der Waals surface area (Å²) in [5, 5.41) is 5.55. The normalized spacial score (nSPS) is 17.6. The lowest BCUT2D eigenvalue weighted by Crippen LogP contribution is -2.48. The molecule has 1 unspecified atom stereocenters. The lowest BCUT2D eigenvalue weighted by atomic mass is 9.96. The zero-order chi connectivity index (χ0) is 16.2. The maximum absolute atomic E-state index is 12.1. The summed E-state index contributed by atoms with van der Waals surface area (Å²) in [4.78, 5) is 29.7. The van der Waals surface area contributed by atoms with Crippen LogP contribution in [0.4, 0.5) is 11.5 Å². The van der Waals surface area contributed by atoms with Crippen LogP contribution < -0.4 is 21.3 Å². The molecule has 1 aliphatic heterocycles. The van der Waals surface area contributed by atoms with Gasteiger partial charge in [0.25, 0.3) is 0 Å². The quantitative estimate of drug-likeness (QED) is 0.734. The predicted octanol–water partition coefficient (Wildman–Crippen LogP) is 0.474. The van der Waals surface area contributed by atoms with Crippen LogP contribution in [0.15, 0.2) is 18.3 Å². The Hall–Kier alpha value is -2.15. The van der Waals surface area contributed by atoms with Crippen molar-refractivity contribution in [2.45, 2.75) is 32.2 Å². The molecule has 1 aromatic rings. The molecular weight excluding hydrogens is 282 g/mol. The maximum Gasteiger partial charge on any atom is 0.244 e. The summed E-state index contributed by atoms with van der Waals surface area (Å²) >= 11 is 0. The van der Waals surface area contributed by atoms with Crippen molar-refractivity contribution >= 4 is 23.3 Å². The van der Waals surface area contributed by atoms with E-state index in [-0.39, 0.29) is 11.8 Å². The van der Waals surface area contributed by atoms with Gasteiger partial charge in [-0.05, 0) is 25.5 Å². The molecule has 0 spiro atoms. The van der Waals surface area contributed by atoms with Gasteiger partial charge in [-0.1, -0.05) is 13.3 Å². The number of anilines is 2. The highest BCUT2D eigenvalue weighted by molar-refractivity contribution is 5.97. The van der Waals surface area contributed by atoms with E-state index in [2.05, 4.69) is 15.6 Å². The van der Waals surface area contributed by atoms with Gasteiger partial charge in [-0.25, -0.2) is 4.98 Å². The van der Waals surface area contributed by atoms with Crippen LogP contribution in [0.5, 0.6) is 0 Å². The summed E-state index contributed by atoms with van der Waals surface area (Å²) in [5.74, 6) is 0.488. The average Bonchev–Trinajstić information content (AvgIpc) is 2.48. The van der Waals surface area contributed by atoms with E-state index in [0.717, 1.165) is 18.8 Å². The largest absolute Gasteiger partial charge is 0.353 e. The third-order valence-corrected chi connectivity index (χ3v) is 3.66. The first-order chi connectivity index (χ1) is 10.4. The van der Waals surface area contributed by atoms with Gasteiger partial charge in [0.1, 0.15) is 5.82 Å². The van der Waals surface area contributed by atoms with Gasteiger partial charge in [-0.15, -0.1) is 0 Å². The zero-order valence-electron chi connectivity index (χ0n) is 13.1. The van der Waals surface area contributed by atoms with Crippen molar-refractivity contribution in [3.05, 3.63) is 18.3 Å². The topological polar surface area (TPSA) is 100 Å². The highest BCUT2D eigenvalue weighted by atomic mass is 16.2. The molecule has 0 radical (unpaired) electrons. The van der Waals surface area contributed by atoms with Crippen molar-refractivity contribution in [1.29, 1.82) is 0 Å². The SMILES string of the molecule is CCCC(C)(N)C(=O)Nc1ccc(N2CCNC(=O)C2)nc1. The number of nitrogens with two attached hydrogens (primary N) is 1. The molecule has 1 aliphatic rings. The van der Waals surface area contributed by atoms with Crippen molar-refractivity contribution in [3.63, 3.8) is 0 Å². The molecule has 0 bridgehead atoms. The smallest absolute Gasteiger partial charge is 0.244 e. The van der Waals surface area contributed by atoms with Crippen molar-refractivity contribution in [3.8, 4) is 0 Å². The van der Waals surface area contributed by atoms with Crippen LogP contribution in [0.3, 0.4) is 0 Å². The summed E-state index contributed by atoms with van der Waals surface area (Å²) in [5.41, 5.74) is 5.71. The first kappa shape index (κ1) is 16.2. The van der Waals surface area contributed by atoms with Gasteiger partial charge in [0.2, 0.25) is 11.8 Å². The van der Waals surface area contributed by atoms with Crippen molar-refractivity contribution in [2.75, 3.05) is 29.9 Å². The van der Waals surface area contributed by atoms with E-state index < -0.39 is 5.54 Å². The summed E-state index contributed by atoms with van der Waals surface area (Å²) in [7, 11) is 0. The summed E-state index contributed by atoms with van der Waals surface area (Å²) < 4.78 is 0. The van der Waals surface area contributed by atoms with Crippen LogP contribution in [0.2, 0.25) is 0 Å². The Kier molecular flexibility index (Phi) is 4.97. The molecule has 0 aliphatic carbocycles. The lowest BCUT2D eigenvalue weighted by molar-refractivity contribution is -0.121. The Balaban J connectivity index is 2.00. The van der Waals surface area contributed by atoms with Crippen LogP contribution in [0.25, 0.3) is 0 Å². The van der Waals surface area contributed by atoms with E-state index in [1.165, 1.54) is 0 Å². The van der Waals surface area contributed by atoms with Gasteiger partial charge >= 0.3 is 0 Å². The number of hydrogen-bond donors (Lipinski definition) is 3. The third-order valence-electron chi connectivity index (χ3n) is 3.66. The number of amides is 2. The number of rotatable bonds is 5. The number of aromatic nitrogens is 1. The monoisotopic (exact) mass is 305 g/mol. The van der Waals surface area contributed by atoms with Crippen LogP contribution in [-0.4, -0.2) is 42.0 Å². The van der Waals surface area contributed by atoms with Gasteiger partial charge in [0.15, 0.2) is 0 Å². The van der Waals surface area contributed by atoms with Gasteiger partial charge in [-0.3, -0.25) is 9.59 Å². The van der Waals surface area contributed by atoms with Gasteiger partial charge in [-0.2, -0.15) is 0 Å². The van der Waals surface area contributed by atoms with Crippen LogP contribution in [0, 0.1) is 0 Å². The minimum Gasteiger partial charge on any atom is -0.353 e. The van der Waals surface area contributed by atoms with E-state index in [9.17, 15) is 9.59 Å². The van der Waals surface area contributed by atoms with Gasteiger partial charge in [0.05, 0.1) is 24.0 Å². The summed E-state index contributed by atoms with van der Waals surface area (Å²) in [6, 6.07) is 3.57. The fourth-order valence-electron chi connectivity index (χ4n) is 2.39. The lowest BCUT2D eigenvalue weighted by Gasteiger charge is -2.27. The second-order valence-corrected chi connectivity index (χ2v) is 5.80. The molecule has 7 nitrogen and oxygen atoms in total. The average molecular weight is 305 g/mol. The molecule has 7 heteroatoms. The standard InChI is InChI=1S/C15H23N5O2/c1-3-6-15(2,16)14(22)19-11-4-5-12(18-9-11)20-8-7-17-13(21)10-20/h4-5,9H,3,6-8,10,16H2,1-2H3,(H,17,21)(H,19,22). The first-order valence-corrected chi connectivity index (χ1v) is 7.50. The van der Waals surface area contributed by atoms with E-state index in [0.29, 0.717) is 25.2 Å². The second-order valence-electron chi connectivity index (χ2n) is 5.80. The molecule has 2 amide bonds. The maximum atomic E-state index is 12.1. The molecule has 1 atom stereocenters. The van der Waals surface area contributed by atoms with Gasteiger partial charge in [0, 0.05) is 13.1 Å². The molecule has 120 valence electrons. The number of nitrogens with zero attached hydrogens (tertiary/aromatic N) is 2. The number of carbonyl (C=O) groups excluding carboxylic acids is 2. The molecule has 1 saturated heterocycles. The number of piperazine rings is 1. The number of pyridine rings is 1. The predicted molar refractivity (Wildman–Crippen MR) is 85.6 cm³/mol. The zero-order valence-corrected chi connectivity index (χ0v) is 13.1. The molecule has 2 rings (SSSR count). The molecule has 0 saturated carbocycles. The fraction of sp³-hybridized carbons (Fsp3) is 0.533. The molecular formula is C15H23N5O2. The van der Waals surface area contributed by atoms with E-state index in [4.69, 9.17) is 5.73 Å². The van der Waals surface area contributed by atoms with Crippen molar-refractivity contribution in [1.82, 2.24) is 10.3 Å². The van der Waals surface area contributed by atoms with Crippen molar-refractivity contribution < 1.29 is 9.59 Å². The third kappa shape index (κ3) is 3.94. The number of nitrogens with one attached hydrogen (secondary N) is 2. The number of carbonyl (C=O) groups is 2. The molecule has 2 heterocycles. The molecule has 4 N–H and O–H groups in total. The minimum absolute atomic E-state index is 0.0103. The van der Waals surface area contributed by atoms with Crippen molar-refractivity contribution in [2.24, 2.45) is 5.73 Å². The summed E-state index contributed by atoms with van der Waals surface area (Å²) in [6.07, 6.45) is 3.05. The Morgan fingerprint density at radius 1 is 1.55 bits per heavy atom. The highest BCUT2D eigenvalue weighted by Crippen LogP contribution is 2.17. The van der Waals surface area contributed by atoms with E-state index >= 15 is 0 Å². The van der Waals surface area contributed by atoms with Crippen LogP contribution in [-0.2, 0) is 9.59 Å². The molecule has 22 heavy (non-hydrogen) atoms.